The van der Waals surface area contributed by atoms with E-state index >= 15 is 0 Å². The van der Waals surface area contributed by atoms with Gasteiger partial charge in [-0.1, -0.05) is 294 Å². The summed E-state index contributed by atoms with van der Waals surface area (Å²) in [5.41, 5.74) is 16.9. The van der Waals surface area contributed by atoms with Crippen molar-refractivity contribution in [2.75, 3.05) is 0 Å². The number of benzene rings is 2. The van der Waals surface area contributed by atoms with Crippen molar-refractivity contribution in [3.05, 3.63) is 102 Å². The minimum absolute atomic E-state index is 0. The van der Waals surface area contributed by atoms with E-state index < -0.39 is 0 Å². The first kappa shape index (κ1) is 67.1. The van der Waals surface area contributed by atoms with Crippen LogP contribution in [0.3, 0.4) is 0 Å². The normalized spacial score (nSPS) is 10.9. The molecule has 2 aromatic carbocycles. The third kappa shape index (κ3) is 41.5. The number of hydrogen-bond donors (Lipinski definition) is 0. The van der Waals surface area contributed by atoms with Crippen LogP contribution in [0.15, 0.2) is 60.2 Å². The van der Waals surface area contributed by atoms with Crippen molar-refractivity contribution in [1.29, 1.82) is 0 Å². The molecule has 0 heterocycles. The Hall–Kier alpha value is -2.00. The summed E-state index contributed by atoms with van der Waals surface area (Å²) in [6.45, 7) is 16.8. The maximum atomic E-state index is 9.45. The molecule has 386 valence electrons. The first-order valence-corrected chi connectivity index (χ1v) is 29.0. The van der Waals surface area contributed by atoms with E-state index in [0.29, 0.717) is 0 Å². The van der Waals surface area contributed by atoms with E-state index in [1.165, 1.54) is 259 Å². The van der Waals surface area contributed by atoms with Crippen LogP contribution in [0.25, 0.3) is 11.1 Å². The van der Waals surface area contributed by atoms with Crippen LogP contribution in [-0.4, -0.2) is 10.7 Å². The molecular weight excluding hydrogens is 903 g/mol. The number of hydrogen-bond acceptors (Lipinski definition) is 0. The predicted octanol–water partition coefficient (Wildman–Crippen LogP) is 22.0. The maximum Gasteiger partial charge on any atom is 2.00 e. The Kier molecular flexibility index (Phi) is 55.0. The van der Waals surface area contributed by atoms with E-state index in [-0.39, 0.29) is 20.4 Å². The molecule has 2 nitrogen and oxygen atoms in total. The summed E-state index contributed by atoms with van der Waals surface area (Å²) < 4.78 is 0. The summed E-state index contributed by atoms with van der Waals surface area (Å²) in [4.78, 5) is 3.33. The Balaban J connectivity index is 0. The van der Waals surface area contributed by atoms with Crippen LogP contribution in [0.1, 0.15) is 307 Å². The molecule has 2 rings (SSSR count). The standard InChI is InChI=1S/C60H100N2.2C2H5.Pd/c1-4-7-10-12-14-16-18-20-21-22-23-24-25-26-27-28-29-30-31-33-35-37-39-41-45-56-46-42-47-59(52-56)60(53-57(54-62-61)43-9-6-3)58-50-48-55(49-51-58)44-40-38-36-34-32-19-17-15-13-11-8-5-2;2*1-2;/h42,46-53H,4-41,43-45H2,1-3H3;2*1H2,2H3;/q;2*-1;+2. The molecule has 0 saturated carbocycles. The molecule has 2 aromatic rings. The van der Waals surface area contributed by atoms with Crippen LogP contribution in [0.5, 0.6) is 0 Å². The monoisotopic (exact) mass is 1010 g/mol. The van der Waals surface area contributed by atoms with Crippen molar-refractivity contribution in [1.82, 2.24) is 0 Å². The topological polar surface area (TPSA) is 36.4 Å². The zero-order valence-corrected chi connectivity index (χ0v) is 46.9. The molecule has 0 spiro atoms. The third-order valence-corrected chi connectivity index (χ3v) is 13.5. The second kappa shape index (κ2) is 54.9. The van der Waals surface area contributed by atoms with Crippen LogP contribution in [0.4, 0.5) is 0 Å². The van der Waals surface area contributed by atoms with Crippen LogP contribution in [0.2, 0.25) is 0 Å². The fraction of sp³-hybridized carbons (Fsp3) is 0.719. The molecule has 0 amide bonds. The van der Waals surface area contributed by atoms with Crippen LogP contribution >= 0.6 is 0 Å². The van der Waals surface area contributed by atoms with Crippen molar-refractivity contribution < 1.29 is 25.2 Å². The second-order valence-corrected chi connectivity index (χ2v) is 19.3. The summed E-state index contributed by atoms with van der Waals surface area (Å²) in [5.74, 6) is 2.90. The van der Waals surface area contributed by atoms with Gasteiger partial charge in [0.05, 0.1) is 5.57 Å². The van der Waals surface area contributed by atoms with Crippen molar-refractivity contribution in [2.24, 2.45) is 0 Å². The molecule has 0 atom stereocenters. The van der Waals surface area contributed by atoms with E-state index in [1.54, 1.807) is 13.8 Å². The van der Waals surface area contributed by atoms with Crippen molar-refractivity contribution in [3.63, 3.8) is 0 Å². The second-order valence-electron chi connectivity index (χ2n) is 19.3. The molecule has 67 heavy (non-hydrogen) atoms. The molecule has 0 radical (unpaired) electrons. The van der Waals surface area contributed by atoms with Gasteiger partial charge in [0.15, 0.2) is 0 Å². The molecule has 0 unspecified atom stereocenters. The zero-order chi connectivity index (χ0) is 48.2. The quantitative estimate of drug-likeness (QED) is 0.0121. The Morgan fingerprint density at radius 1 is 0.418 bits per heavy atom. The van der Waals surface area contributed by atoms with E-state index in [4.69, 9.17) is 0 Å². The first-order valence-electron chi connectivity index (χ1n) is 29.0. The van der Waals surface area contributed by atoms with E-state index in [0.717, 1.165) is 37.7 Å². The largest absolute Gasteiger partial charge is 2.00 e. The molecule has 0 aliphatic heterocycles. The minimum atomic E-state index is 0. The van der Waals surface area contributed by atoms with Gasteiger partial charge in [0.25, 0.3) is 0 Å². The van der Waals surface area contributed by atoms with Gasteiger partial charge in [-0.15, -0.1) is 4.79 Å². The molecule has 0 fully saturated rings. The summed E-state index contributed by atoms with van der Waals surface area (Å²) in [6, 6.07) is 18.5. The van der Waals surface area contributed by atoms with Gasteiger partial charge >= 0.3 is 26.3 Å². The predicted molar refractivity (Wildman–Crippen MR) is 299 cm³/mol. The van der Waals surface area contributed by atoms with Crippen LogP contribution in [-0.2, 0) is 33.3 Å². The fourth-order valence-corrected chi connectivity index (χ4v) is 9.31. The molecule has 0 bridgehead atoms. The summed E-state index contributed by atoms with van der Waals surface area (Å²) in [6.07, 6.45) is 58.5. The van der Waals surface area contributed by atoms with Gasteiger partial charge in [-0.2, -0.15) is 13.8 Å². The van der Waals surface area contributed by atoms with Gasteiger partial charge < -0.3 is 19.4 Å². The number of nitrogens with zero attached hydrogens (tertiary/aromatic N) is 2. The van der Waals surface area contributed by atoms with Crippen molar-refractivity contribution in [3.8, 4) is 0 Å². The van der Waals surface area contributed by atoms with Gasteiger partial charge in [-0.05, 0) is 72.4 Å². The Morgan fingerprint density at radius 2 is 0.746 bits per heavy atom. The third-order valence-electron chi connectivity index (χ3n) is 13.5. The van der Waals surface area contributed by atoms with Gasteiger partial charge in [0.1, 0.15) is 0 Å². The minimum Gasteiger partial charge on any atom is -0.348 e. The summed E-state index contributed by atoms with van der Waals surface area (Å²) in [5, 5.41) is 0. The Bertz CT molecular complexity index is 1410. The smallest absolute Gasteiger partial charge is 0.348 e. The molecule has 0 aliphatic rings. The van der Waals surface area contributed by atoms with Crippen LogP contribution in [0, 0.1) is 13.8 Å². The summed E-state index contributed by atoms with van der Waals surface area (Å²) >= 11 is 0. The van der Waals surface area contributed by atoms with Gasteiger partial charge in [-0.25, -0.2) is 0 Å². The zero-order valence-electron chi connectivity index (χ0n) is 45.3. The Labute approximate surface area is 433 Å². The molecular formula is C64H110N2Pd. The Morgan fingerprint density at radius 3 is 1.09 bits per heavy atom. The maximum absolute atomic E-state index is 9.45. The van der Waals surface area contributed by atoms with Crippen molar-refractivity contribution in [2.45, 2.75) is 298 Å². The fourth-order valence-electron chi connectivity index (χ4n) is 9.31. The molecule has 0 aromatic heterocycles. The van der Waals surface area contributed by atoms with E-state index in [2.05, 4.69) is 99.9 Å². The molecule has 3 heteroatoms. The van der Waals surface area contributed by atoms with Crippen LogP contribution < -0.4 is 0 Å². The number of rotatable bonds is 44. The van der Waals surface area contributed by atoms with E-state index in [1.807, 2.05) is 0 Å². The van der Waals surface area contributed by atoms with Gasteiger partial charge in [-0.3, -0.25) is 0 Å². The SMILES string of the molecule is CCCCCCCCCCCCCCCCCCCCCCCCCCc1cccc(C(=CC(=C=[N+]=[N-])CCCC)c2ccc(CCCCCCCCCCCCCC)cc2)c1.[CH2-]C.[CH2-]C.[Pd+2]. The van der Waals surface area contributed by atoms with Gasteiger partial charge in [0.2, 0.25) is 0 Å². The average Bonchev–Trinajstić information content (AvgIpc) is 3.35. The molecule has 0 N–H and O–H groups in total. The summed E-state index contributed by atoms with van der Waals surface area (Å²) in [7, 11) is 0. The number of allylic oxidation sites excluding steroid dienone is 2. The van der Waals surface area contributed by atoms with Gasteiger partial charge in [0, 0.05) is 0 Å². The first-order chi connectivity index (χ1) is 32.7. The van der Waals surface area contributed by atoms with Crippen molar-refractivity contribution >= 4 is 11.4 Å². The van der Waals surface area contributed by atoms with E-state index in [9.17, 15) is 5.53 Å². The number of unbranched alkanes of at least 4 members (excludes halogenated alkanes) is 35. The molecule has 0 aliphatic carbocycles. The average molecular weight is 1010 g/mol. The molecule has 0 saturated heterocycles. The number of aryl methyl sites for hydroxylation is 2.